The first-order valence-corrected chi connectivity index (χ1v) is 39.5. The number of allylic oxidation sites excluding steroid dienone is 2. The van der Waals surface area contributed by atoms with Gasteiger partial charge in [-0.2, -0.15) is 176 Å². The van der Waals surface area contributed by atoms with Crippen LogP contribution in [0.2, 0.25) is 0 Å². The van der Waals surface area contributed by atoms with Gasteiger partial charge in [-0.05, 0) is 112 Å². The maximum absolute atomic E-state index is 12.0. The minimum atomic E-state index is -0.405. The van der Waals surface area contributed by atoms with Crippen molar-refractivity contribution in [2.24, 2.45) is 11.8 Å². The molecule has 532 valence electrons. The number of thiol groups is 13. The highest BCUT2D eigenvalue weighted by molar-refractivity contribution is 8.00. The Morgan fingerprint density at radius 1 is 0.511 bits per heavy atom. The van der Waals surface area contributed by atoms with Crippen molar-refractivity contribution in [2.75, 3.05) is 153 Å². The van der Waals surface area contributed by atoms with Gasteiger partial charge in [0.1, 0.15) is 0 Å². The van der Waals surface area contributed by atoms with Crippen molar-refractivity contribution in [1.82, 2.24) is 42.1 Å². The molecule has 2 heterocycles. The van der Waals surface area contributed by atoms with Gasteiger partial charge >= 0.3 is 0 Å². The number of carbonyl (C=O) groups excluding carboxylic acids is 8. The lowest BCUT2D eigenvalue weighted by Crippen LogP contribution is -2.40. The lowest BCUT2D eigenvalue weighted by atomic mass is 10.2. The van der Waals surface area contributed by atoms with E-state index in [9.17, 15) is 38.4 Å². The highest BCUT2D eigenvalue weighted by Crippen LogP contribution is 2.23. The quantitative estimate of drug-likeness (QED) is 0.0110. The summed E-state index contributed by atoms with van der Waals surface area (Å²) >= 11 is 47.2. The molecule has 2 aliphatic heterocycles. The predicted octanol–water partition coefficient (Wildman–Crippen LogP) is 9.36. The van der Waals surface area contributed by atoms with Gasteiger partial charge in [0, 0.05) is 70.7 Å². The Labute approximate surface area is 613 Å². The third-order valence-electron chi connectivity index (χ3n) is 8.28. The Hall–Kier alpha value is -0.400. The molecule has 0 aromatic carbocycles. The average molecular weight is 1520 g/mol. The van der Waals surface area contributed by atoms with Gasteiger partial charge in [0.25, 0.3) is 11.8 Å². The van der Waals surface area contributed by atoms with Crippen molar-refractivity contribution in [3.05, 3.63) is 62.8 Å². The zero-order chi connectivity index (χ0) is 73.1. The summed E-state index contributed by atoms with van der Waals surface area (Å²) in [4.78, 5) is 95.0. The average Bonchev–Trinajstić information content (AvgIpc) is 4.09. The molecule has 3 unspecified atom stereocenters. The zero-order valence-corrected chi connectivity index (χ0v) is 68.7. The molecule has 1 fully saturated rings. The molecule has 18 nitrogen and oxygen atoms in total. The number of ether oxygens (including phenoxy) is 2. The molecule has 88 heavy (non-hydrogen) atoms. The number of nitrogens with one attached hydrogen (secondary N) is 6. The van der Waals surface area contributed by atoms with Crippen molar-refractivity contribution < 1.29 is 47.8 Å². The standard InChI is InChI=1S/C18H30N4O5S.C17H26N4O5.2C4H8.13CH4S/c1-4-13(2)12-20-21-16(24)6-9-27-10-7-19-15(23)5-8-22-17(25)11-14(28-3)18(22)26;1-3-13(2)12-19-20-15(23)7-10-26-11-8-18-14(22)6-9-21-16(24)4-5-17(21)25;2*1-3-4-2;13*1-2/h4,13-14,20H,1,5-12H2,2-3H3,(H,19,23)(H,21,24);3-5,13,19H,1,6-12H2,2H3,(H,18,22)(H,20,23);2*3H,1,4H2,2H3;13*2H,1H3. The highest BCUT2D eigenvalue weighted by atomic mass is 32.2. The summed E-state index contributed by atoms with van der Waals surface area (Å²) < 4.78 is 10.6. The molecule has 0 spiro atoms. The predicted molar refractivity (Wildman–Crippen MR) is 436 cm³/mol. The minimum Gasteiger partial charge on any atom is -0.379 e. The summed E-state index contributed by atoms with van der Waals surface area (Å²) in [5, 5.41) is 4.95. The van der Waals surface area contributed by atoms with Gasteiger partial charge in [-0.25, -0.2) is 10.9 Å². The van der Waals surface area contributed by atoms with E-state index >= 15 is 0 Å². The highest BCUT2D eigenvalue weighted by Gasteiger charge is 2.37. The van der Waals surface area contributed by atoms with Crippen LogP contribution in [-0.4, -0.2) is 216 Å². The monoisotopic (exact) mass is 1520 g/mol. The van der Waals surface area contributed by atoms with Crippen LogP contribution in [0.5, 0.6) is 0 Å². The number of hydrogen-bond acceptors (Lipinski definition) is 26. The fourth-order valence-electron chi connectivity index (χ4n) is 4.30. The van der Waals surface area contributed by atoms with Crippen LogP contribution in [0.1, 0.15) is 72.6 Å². The van der Waals surface area contributed by atoms with Crippen LogP contribution in [0.4, 0.5) is 0 Å². The molecule has 6 N–H and O–H groups in total. The van der Waals surface area contributed by atoms with Crippen LogP contribution in [-0.2, 0) is 47.8 Å². The molecular formula is C56H124N8O10S14. The number of imide groups is 2. The van der Waals surface area contributed by atoms with E-state index < -0.39 is 11.8 Å². The summed E-state index contributed by atoms with van der Waals surface area (Å²) in [6, 6.07) is 0. The maximum Gasteiger partial charge on any atom is 0.253 e. The molecule has 8 amide bonds. The first-order valence-electron chi connectivity index (χ1n) is 26.6. The Bertz CT molecular complexity index is 1490. The Balaban J connectivity index is -0.0000000623. The summed E-state index contributed by atoms with van der Waals surface area (Å²) in [7, 11) is 0. The van der Waals surface area contributed by atoms with Gasteiger partial charge in [-0.1, -0.05) is 52.0 Å². The van der Waals surface area contributed by atoms with Crippen LogP contribution < -0.4 is 32.3 Å². The first kappa shape index (κ1) is 125. The Morgan fingerprint density at radius 3 is 1.05 bits per heavy atom. The molecule has 3 atom stereocenters. The van der Waals surface area contributed by atoms with Gasteiger partial charge < -0.3 is 20.1 Å². The molecular weight excluding hydrogens is 1390 g/mol. The molecule has 0 aromatic heterocycles. The van der Waals surface area contributed by atoms with Crippen LogP contribution in [0.25, 0.3) is 0 Å². The number of likely N-dealkylation sites (tertiary alicyclic amines) is 1. The second-order valence-corrected chi connectivity index (χ2v) is 14.6. The molecule has 0 aliphatic carbocycles. The number of rotatable bonds is 29. The van der Waals surface area contributed by atoms with E-state index in [-0.39, 0.29) is 131 Å². The van der Waals surface area contributed by atoms with Gasteiger partial charge in [-0.3, -0.25) is 59.0 Å². The summed E-state index contributed by atoms with van der Waals surface area (Å²) in [5.74, 6) is -1.64. The van der Waals surface area contributed by atoms with Gasteiger partial charge in [0.15, 0.2) is 0 Å². The fraction of sp³-hybridized carbons (Fsp3) is 0.679. The fourth-order valence-corrected chi connectivity index (χ4v) is 4.94. The summed E-state index contributed by atoms with van der Waals surface area (Å²) in [6.07, 6.45) is 36.4. The first-order chi connectivity index (χ1) is 42.6. The second-order valence-electron chi connectivity index (χ2n) is 13.6. The topological polar surface area (TPSA) is 234 Å². The summed E-state index contributed by atoms with van der Waals surface area (Å²) in [6.45, 7) is 25.3. The number of hydrogen-bond donors (Lipinski definition) is 19. The molecule has 1 saturated heterocycles. The summed E-state index contributed by atoms with van der Waals surface area (Å²) in [5.41, 5.74) is 10.7. The Morgan fingerprint density at radius 2 is 0.795 bits per heavy atom. The lowest BCUT2D eigenvalue weighted by molar-refractivity contribution is -0.140. The molecule has 2 rings (SSSR count). The SMILES string of the molecule is C=CC(C)CNNC(=O)CCOCCNC(=O)CCN1C(=O)C=CC1=O.C=CC(C)CNNC(=O)CCOCCNC(=O)CCN1C(=O)CC(SC)C1=O.C=CCC.C=CCC.CS.CS.CS.CS.CS.CS.CS.CS.CS.CS.CS.CS.CS. The lowest BCUT2D eigenvalue weighted by Gasteiger charge is -2.14. The van der Waals surface area contributed by atoms with E-state index in [2.05, 4.69) is 237 Å². The zero-order valence-electron chi connectivity index (χ0n) is 56.2. The molecule has 0 bridgehead atoms. The van der Waals surface area contributed by atoms with Crippen LogP contribution in [0, 0.1) is 11.8 Å². The molecule has 0 radical (unpaired) electrons. The van der Waals surface area contributed by atoms with Crippen LogP contribution >= 0.6 is 176 Å². The van der Waals surface area contributed by atoms with Crippen LogP contribution in [0.3, 0.4) is 0 Å². The second kappa shape index (κ2) is 127. The maximum atomic E-state index is 12.0. The number of hydrazine groups is 2. The Kier molecular flexibility index (Phi) is 180. The molecule has 0 aromatic rings. The van der Waals surface area contributed by atoms with Crippen LogP contribution in [0.15, 0.2) is 62.8 Å². The minimum absolute atomic E-state index is 0.0381. The number of amides is 8. The third-order valence-corrected chi connectivity index (χ3v) is 9.22. The van der Waals surface area contributed by atoms with E-state index in [0.717, 1.165) is 22.6 Å². The van der Waals surface area contributed by atoms with Crippen molar-refractivity contribution in [3.63, 3.8) is 0 Å². The smallest absolute Gasteiger partial charge is 0.253 e. The van der Waals surface area contributed by atoms with E-state index in [0.29, 0.717) is 19.6 Å². The molecule has 0 saturated carbocycles. The van der Waals surface area contributed by atoms with E-state index in [1.54, 1.807) is 99.7 Å². The van der Waals surface area contributed by atoms with E-state index in [4.69, 9.17) is 9.47 Å². The van der Waals surface area contributed by atoms with Crippen molar-refractivity contribution in [2.45, 2.75) is 77.9 Å². The largest absolute Gasteiger partial charge is 0.379 e. The van der Waals surface area contributed by atoms with E-state index in [1.165, 1.54) is 23.9 Å². The third kappa shape index (κ3) is 104. The van der Waals surface area contributed by atoms with Gasteiger partial charge in [0.2, 0.25) is 35.4 Å². The van der Waals surface area contributed by atoms with E-state index in [1.807, 2.05) is 26.0 Å². The number of nitrogens with zero attached hydrogens (tertiary/aromatic N) is 2. The molecule has 2 aliphatic rings. The van der Waals surface area contributed by atoms with Gasteiger partial charge in [0.05, 0.1) is 44.5 Å². The van der Waals surface area contributed by atoms with Gasteiger partial charge in [-0.15, -0.1) is 26.3 Å². The molecule has 32 heteroatoms. The van der Waals surface area contributed by atoms with Crippen molar-refractivity contribution >= 4 is 223 Å². The van der Waals surface area contributed by atoms with Crippen molar-refractivity contribution in [1.29, 1.82) is 0 Å². The van der Waals surface area contributed by atoms with Crippen molar-refractivity contribution in [3.8, 4) is 0 Å². The normalized spacial score (nSPS) is 11.3. The number of thioether (sulfide) groups is 1. The number of carbonyl (C=O) groups is 8.